The number of carbonyl (C=O) groups excluding carboxylic acids is 4. The van der Waals surface area contributed by atoms with Gasteiger partial charge in [-0.1, -0.05) is 29.5 Å². The summed E-state index contributed by atoms with van der Waals surface area (Å²) in [6.45, 7) is 4.11. The van der Waals surface area contributed by atoms with Gasteiger partial charge in [-0.3, -0.25) is 29.4 Å². The van der Waals surface area contributed by atoms with E-state index in [0.29, 0.717) is 18.0 Å². The van der Waals surface area contributed by atoms with Gasteiger partial charge in [-0.25, -0.2) is 0 Å². The Balaban J connectivity index is 1.23. The van der Waals surface area contributed by atoms with Crippen molar-refractivity contribution in [1.29, 1.82) is 0 Å². The van der Waals surface area contributed by atoms with E-state index >= 15 is 0 Å². The fraction of sp³-hybridized carbons (Fsp3) is 0.250. The number of fused-ring (bicyclic) bond motifs is 1. The summed E-state index contributed by atoms with van der Waals surface area (Å²) in [5.74, 6) is -1.65. The highest BCUT2D eigenvalue weighted by molar-refractivity contribution is 7.15. The zero-order chi connectivity index (χ0) is 24.0. The third-order valence-corrected chi connectivity index (χ3v) is 7.14. The Hall–Kier alpha value is -3.92. The topological polar surface area (TPSA) is 113 Å². The van der Waals surface area contributed by atoms with E-state index < -0.39 is 24.3 Å². The van der Waals surface area contributed by atoms with E-state index in [4.69, 9.17) is 0 Å². The summed E-state index contributed by atoms with van der Waals surface area (Å²) in [4.78, 5) is 52.7. The Labute approximate surface area is 199 Å². The number of aromatic nitrogens is 2. The van der Waals surface area contributed by atoms with Gasteiger partial charge in [0.1, 0.15) is 11.6 Å². The lowest BCUT2D eigenvalue weighted by molar-refractivity contribution is -0.117. The minimum atomic E-state index is -0.545. The third kappa shape index (κ3) is 3.86. The highest BCUT2D eigenvalue weighted by atomic mass is 32.1. The standard InChI is InChI=1S/C24H21N5O4S/c1-13-7-8-16(9-14(13)2)28-11-15(10-20(28)31)21-26-27-24(34-21)25-19(30)12-29-22(32)17-5-3-4-6-18(17)23(29)33/h3-9,15H,10-12H2,1-2H3,(H,25,27,30). The van der Waals surface area contributed by atoms with Gasteiger partial charge in [0.2, 0.25) is 16.9 Å². The van der Waals surface area contributed by atoms with Gasteiger partial charge in [-0.15, -0.1) is 10.2 Å². The molecule has 3 heterocycles. The Morgan fingerprint density at radius 2 is 1.74 bits per heavy atom. The van der Waals surface area contributed by atoms with Crippen LogP contribution in [0.2, 0.25) is 0 Å². The molecule has 0 aliphatic carbocycles. The maximum atomic E-state index is 12.6. The summed E-state index contributed by atoms with van der Waals surface area (Å²) in [5.41, 5.74) is 3.72. The van der Waals surface area contributed by atoms with E-state index in [2.05, 4.69) is 15.5 Å². The minimum Gasteiger partial charge on any atom is -0.312 e. The Kier molecular flexibility index (Phi) is 5.45. The maximum absolute atomic E-state index is 12.6. The SMILES string of the molecule is Cc1ccc(N2CC(c3nnc(NC(=O)CN4C(=O)c5ccccc5C4=O)s3)CC2=O)cc1C. The van der Waals surface area contributed by atoms with Crippen LogP contribution >= 0.6 is 11.3 Å². The lowest BCUT2D eigenvalue weighted by Crippen LogP contribution is -2.37. The molecule has 4 amide bonds. The first-order chi connectivity index (χ1) is 16.3. The number of amides is 4. The van der Waals surface area contributed by atoms with Crippen molar-refractivity contribution in [2.24, 2.45) is 0 Å². The normalized spacial score (nSPS) is 17.5. The van der Waals surface area contributed by atoms with E-state index in [0.717, 1.165) is 21.7 Å². The Morgan fingerprint density at radius 1 is 1.03 bits per heavy atom. The molecule has 34 heavy (non-hydrogen) atoms. The van der Waals surface area contributed by atoms with Crippen LogP contribution in [-0.4, -0.2) is 51.8 Å². The third-order valence-electron chi connectivity index (χ3n) is 6.14. The lowest BCUT2D eigenvalue weighted by atomic mass is 10.1. The molecular formula is C24H21N5O4S. The zero-order valence-electron chi connectivity index (χ0n) is 18.6. The first-order valence-electron chi connectivity index (χ1n) is 10.8. The van der Waals surface area contributed by atoms with E-state index in [-0.39, 0.29) is 28.1 Å². The van der Waals surface area contributed by atoms with Crippen LogP contribution in [0.25, 0.3) is 0 Å². The van der Waals surface area contributed by atoms with Gasteiger partial charge in [-0.2, -0.15) is 0 Å². The van der Waals surface area contributed by atoms with Crippen molar-refractivity contribution in [2.75, 3.05) is 23.3 Å². The number of benzene rings is 2. The van der Waals surface area contributed by atoms with Crippen molar-refractivity contribution < 1.29 is 19.2 Å². The number of anilines is 2. The highest BCUT2D eigenvalue weighted by Gasteiger charge is 2.37. The number of nitrogens with zero attached hydrogens (tertiary/aromatic N) is 4. The second kappa shape index (κ2) is 8.45. The summed E-state index contributed by atoms with van der Waals surface area (Å²) in [5, 5.41) is 11.7. The van der Waals surface area contributed by atoms with Crippen LogP contribution in [0.1, 0.15) is 49.2 Å². The van der Waals surface area contributed by atoms with Crippen molar-refractivity contribution in [3.05, 3.63) is 69.7 Å². The van der Waals surface area contributed by atoms with Crippen LogP contribution in [0, 0.1) is 13.8 Å². The second-order valence-electron chi connectivity index (χ2n) is 8.41. The van der Waals surface area contributed by atoms with Gasteiger partial charge in [0.15, 0.2) is 0 Å². The molecule has 9 nitrogen and oxygen atoms in total. The Bertz CT molecular complexity index is 1320. The summed E-state index contributed by atoms with van der Waals surface area (Å²) in [6, 6.07) is 12.4. The molecule has 1 fully saturated rings. The van der Waals surface area contributed by atoms with Crippen LogP contribution < -0.4 is 10.2 Å². The number of hydrogen-bond donors (Lipinski definition) is 1. The number of rotatable bonds is 5. The maximum Gasteiger partial charge on any atom is 0.262 e. The average Bonchev–Trinajstić information content (AvgIpc) is 3.50. The van der Waals surface area contributed by atoms with E-state index in [9.17, 15) is 19.2 Å². The Morgan fingerprint density at radius 3 is 2.41 bits per heavy atom. The summed E-state index contributed by atoms with van der Waals surface area (Å²) in [7, 11) is 0. The van der Waals surface area contributed by atoms with E-state index in [1.54, 1.807) is 29.2 Å². The first-order valence-corrected chi connectivity index (χ1v) is 11.6. The van der Waals surface area contributed by atoms with Gasteiger partial charge in [0.05, 0.1) is 11.1 Å². The molecular weight excluding hydrogens is 454 g/mol. The molecule has 0 radical (unpaired) electrons. The number of aryl methyl sites for hydroxylation is 2. The molecule has 1 N–H and O–H groups in total. The van der Waals surface area contributed by atoms with E-state index in [1.807, 2.05) is 32.0 Å². The summed E-state index contributed by atoms with van der Waals surface area (Å²) < 4.78 is 0. The quantitative estimate of drug-likeness (QED) is 0.568. The van der Waals surface area contributed by atoms with Crippen LogP contribution in [0.5, 0.6) is 0 Å². The average molecular weight is 476 g/mol. The number of hydrogen-bond acceptors (Lipinski definition) is 7. The summed E-state index contributed by atoms with van der Waals surface area (Å²) in [6.07, 6.45) is 0.310. The van der Waals surface area contributed by atoms with Gasteiger partial charge in [0.25, 0.3) is 11.8 Å². The van der Waals surface area contributed by atoms with Crippen molar-refractivity contribution >= 4 is 45.8 Å². The molecule has 1 aromatic heterocycles. The molecule has 5 rings (SSSR count). The molecule has 2 aliphatic rings. The van der Waals surface area contributed by atoms with Crippen molar-refractivity contribution in [3.63, 3.8) is 0 Å². The number of nitrogens with one attached hydrogen (secondary N) is 1. The highest BCUT2D eigenvalue weighted by Crippen LogP contribution is 2.35. The molecule has 1 atom stereocenters. The molecule has 2 aliphatic heterocycles. The lowest BCUT2D eigenvalue weighted by Gasteiger charge is -2.17. The number of carbonyl (C=O) groups is 4. The molecule has 1 unspecified atom stereocenters. The minimum absolute atomic E-state index is 0.0136. The van der Waals surface area contributed by atoms with Crippen LogP contribution in [0.15, 0.2) is 42.5 Å². The smallest absolute Gasteiger partial charge is 0.262 e. The number of imide groups is 1. The fourth-order valence-electron chi connectivity index (χ4n) is 4.15. The van der Waals surface area contributed by atoms with Crippen molar-refractivity contribution in [2.45, 2.75) is 26.2 Å². The molecule has 0 saturated carbocycles. The predicted molar refractivity (Wildman–Crippen MR) is 126 cm³/mol. The van der Waals surface area contributed by atoms with Crippen molar-refractivity contribution in [1.82, 2.24) is 15.1 Å². The molecule has 10 heteroatoms. The van der Waals surface area contributed by atoms with Gasteiger partial charge in [0, 0.05) is 24.6 Å². The van der Waals surface area contributed by atoms with Crippen LogP contribution in [-0.2, 0) is 9.59 Å². The predicted octanol–water partition coefficient (Wildman–Crippen LogP) is 2.91. The monoisotopic (exact) mass is 475 g/mol. The molecule has 172 valence electrons. The second-order valence-corrected chi connectivity index (χ2v) is 9.42. The molecule has 3 aromatic rings. The van der Waals surface area contributed by atoms with Gasteiger partial charge < -0.3 is 4.90 Å². The zero-order valence-corrected chi connectivity index (χ0v) is 19.4. The van der Waals surface area contributed by atoms with Crippen molar-refractivity contribution in [3.8, 4) is 0 Å². The van der Waals surface area contributed by atoms with Crippen LogP contribution in [0.4, 0.5) is 10.8 Å². The van der Waals surface area contributed by atoms with E-state index in [1.165, 1.54) is 11.3 Å². The fourth-order valence-corrected chi connectivity index (χ4v) is 5.00. The molecule has 0 bridgehead atoms. The van der Waals surface area contributed by atoms with Crippen LogP contribution in [0.3, 0.4) is 0 Å². The van der Waals surface area contributed by atoms with Gasteiger partial charge in [-0.05, 0) is 49.2 Å². The van der Waals surface area contributed by atoms with Gasteiger partial charge >= 0.3 is 0 Å². The molecule has 2 aromatic carbocycles. The largest absolute Gasteiger partial charge is 0.312 e. The summed E-state index contributed by atoms with van der Waals surface area (Å²) >= 11 is 1.19. The molecule has 1 saturated heterocycles. The molecule has 0 spiro atoms. The first kappa shape index (κ1) is 21.9.